The number of benzene rings is 1. The minimum absolute atomic E-state index is 0.237. The Bertz CT molecular complexity index is 518. The van der Waals surface area contributed by atoms with Crippen molar-refractivity contribution >= 4 is 11.6 Å². The number of pyridine rings is 1. The molecule has 1 heterocycles. The summed E-state index contributed by atoms with van der Waals surface area (Å²) in [6.45, 7) is 3.39. The summed E-state index contributed by atoms with van der Waals surface area (Å²) in [6, 6.07) is 13.6. The van der Waals surface area contributed by atoms with Gasteiger partial charge in [-0.05, 0) is 18.2 Å². The van der Waals surface area contributed by atoms with E-state index in [2.05, 4.69) is 16.9 Å². The van der Waals surface area contributed by atoms with Crippen molar-refractivity contribution < 1.29 is 4.79 Å². The number of hydrogen-bond donors (Lipinski definition) is 1. The van der Waals surface area contributed by atoms with Crippen LogP contribution in [0.3, 0.4) is 0 Å². The standard InChI is InChI=1S/C14H12N2O/c1-2-14(17)16-12-8-9-13(15-10-12)11-6-4-3-5-7-11/h2-10H,1H2,(H,16,17). The summed E-state index contributed by atoms with van der Waals surface area (Å²) in [5.41, 5.74) is 2.59. The zero-order valence-electron chi connectivity index (χ0n) is 9.26. The minimum atomic E-state index is -0.237. The molecule has 17 heavy (non-hydrogen) atoms. The van der Waals surface area contributed by atoms with Gasteiger partial charge in [-0.25, -0.2) is 0 Å². The summed E-state index contributed by atoms with van der Waals surface area (Å²) in [4.78, 5) is 15.4. The van der Waals surface area contributed by atoms with Crippen molar-refractivity contribution in [3.8, 4) is 11.3 Å². The summed E-state index contributed by atoms with van der Waals surface area (Å²) in [7, 11) is 0. The SMILES string of the molecule is C=CC(=O)Nc1ccc(-c2ccccc2)nc1. The van der Waals surface area contributed by atoms with Gasteiger partial charge in [0.15, 0.2) is 0 Å². The first-order valence-corrected chi connectivity index (χ1v) is 5.24. The number of nitrogens with zero attached hydrogens (tertiary/aromatic N) is 1. The van der Waals surface area contributed by atoms with Crippen molar-refractivity contribution in [3.63, 3.8) is 0 Å². The van der Waals surface area contributed by atoms with Crippen LogP contribution in [-0.2, 0) is 4.79 Å². The molecule has 0 atom stereocenters. The maximum Gasteiger partial charge on any atom is 0.247 e. The van der Waals surface area contributed by atoms with Crippen LogP contribution in [0.4, 0.5) is 5.69 Å². The predicted molar refractivity (Wildman–Crippen MR) is 68.5 cm³/mol. The van der Waals surface area contributed by atoms with Crippen LogP contribution in [0.5, 0.6) is 0 Å². The molecule has 0 saturated heterocycles. The maximum atomic E-state index is 11.1. The molecule has 1 N–H and O–H groups in total. The largest absolute Gasteiger partial charge is 0.321 e. The molecular weight excluding hydrogens is 212 g/mol. The Hall–Kier alpha value is -2.42. The Kier molecular flexibility index (Phi) is 3.31. The van der Waals surface area contributed by atoms with Gasteiger partial charge in [0, 0.05) is 5.56 Å². The third-order valence-corrected chi connectivity index (χ3v) is 2.29. The molecule has 3 nitrogen and oxygen atoms in total. The highest BCUT2D eigenvalue weighted by atomic mass is 16.1. The summed E-state index contributed by atoms with van der Waals surface area (Å²) in [5, 5.41) is 2.65. The predicted octanol–water partition coefficient (Wildman–Crippen LogP) is 2.87. The van der Waals surface area contributed by atoms with E-state index in [1.165, 1.54) is 6.08 Å². The number of anilines is 1. The van der Waals surface area contributed by atoms with Gasteiger partial charge in [0.25, 0.3) is 0 Å². The van der Waals surface area contributed by atoms with Gasteiger partial charge in [-0.3, -0.25) is 9.78 Å². The van der Waals surface area contributed by atoms with Crippen LogP contribution in [0.25, 0.3) is 11.3 Å². The second-order valence-electron chi connectivity index (χ2n) is 3.49. The molecule has 0 aliphatic rings. The molecule has 0 fully saturated rings. The molecule has 1 amide bonds. The second kappa shape index (κ2) is 5.07. The first kappa shape index (κ1) is 11.1. The normalized spacial score (nSPS) is 9.65. The van der Waals surface area contributed by atoms with Crippen molar-refractivity contribution in [1.29, 1.82) is 0 Å². The van der Waals surface area contributed by atoms with Gasteiger partial charge in [0.1, 0.15) is 0 Å². The molecule has 0 unspecified atom stereocenters. The minimum Gasteiger partial charge on any atom is -0.321 e. The van der Waals surface area contributed by atoms with E-state index < -0.39 is 0 Å². The van der Waals surface area contributed by atoms with E-state index >= 15 is 0 Å². The van der Waals surface area contributed by atoms with E-state index in [-0.39, 0.29) is 5.91 Å². The zero-order chi connectivity index (χ0) is 12.1. The summed E-state index contributed by atoms with van der Waals surface area (Å²) >= 11 is 0. The quantitative estimate of drug-likeness (QED) is 0.814. The first-order valence-electron chi connectivity index (χ1n) is 5.24. The van der Waals surface area contributed by atoms with Crippen molar-refractivity contribution in [2.24, 2.45) is 0 Å². The van der Waals surface area contributed by atoms with E-state index in [0.29, 0.717) is 5.69 Å². The smallest absolute Gasteiger partial charge is 0.247 e. The molecule has 2 rings (SSSR count). The summed E-state index contributed by atoms with van der Waals surface area (Å²) < 4.78 is 0. The van der Waals surface area contributed by atoms with Crippen molar-refractivity contribution in [3.05, 3.63) is 61.3 Å². The number of aromatic nitrogens is 1. The average Bonchev–Trinajstić information content (AvgIpc) is 2.40. The Morgan fingerprint density at radius 1 is 1.18 bits per heavy atom. The lowest BCUT2D eigenvalue weighted by Crippen LogP contribution is -2.07. The topological polar surface area (TPSA) is 42.0 Å². The third kappa shape index (κ3) is 2.78. The van der Waals surface area contributed by atoms with Gasteiger partial charge >= 0.3 is 0 Å². The second-order valence-corrected chi connectivity index (χ2v) is 3.49. The summed E-state index contributed by atoms with van der Waals surface area (Å²) in [6.07, 6.45) is 2.86. The molecule has 1 aromatic heterocycles. The molecule has 0 saturated carbocycles. The van der Waals surface area contributed by atoms with Crippen LogP contribution in [-0.4, -0.2) is 10.9 Å². The Labute approximate surface area is 99.8 Å². The molecule has 0 aliphatic carbocycles. The number of rotatable bonds is 3. The van der Waals surface area contributed by atoms with E-state index in [1.807, 2.05) is 42.5 Å². The highest BCUT2D eigenvalue weighted by Gasteiger charge is 2.00. The Morgan fingerprint density at radius 2 is 1.94 bits per heavy atom. The van der Waals surface area contributed by atoms with Crippen molar-refractivity contribution in [1.82, 2.24) is 4.98 Å². The molecule has 0 bridgehead atoms. The molecule has 0 spiro atoms. The van der Waals surface area contributed by atoms with Gasteiger partial charge in [0.2, 0.25) is 5.91 Å². The fraction of sp³-hybridized carbons (Fsp3) is 0. The monoisotopic (exact) mass is 224 g/mol. The zero-order valence-corrected chi connectivity index (χ0v) is 9.26. The van der Waals surface area contributed by atoms with Crippen molar-refractivity contribution in [2.45, 2.75) is 0 Å². The van der Waals surface area contributed by atoms with E-state index in [9.17, 15) is 4.79 Å². The number of amides is 1. The van der Waals surface area contributed by atoms with Gasteiger partial charge in [0.05, 0.1) is 17.6 Å². The molecule has 0 aliphatic heterocycles. The van der Waals surface area contributed by atoms with Crippen LogP contribution in [0.1, 0.15) is 0 Å². The molecule has 1 aromatic carbocycles. The van der Waals surface area contributed by atoms with Crippen LogP contribution in [0, 0.1) is 0 Å². The van der Waals surface area contributed by atoms with Gasteiger partial charge in [-0.2, -0.15) is 0 Å². The molecule has 84 valence electrons. The molecule has 3 heteroatoms. The number of carbonyl (C=O) groups is 1. The van der Waals surface area contributed by atoms with Gasteiger partial charge in [-0.1, -0.05) is 36.9 Å². The van der Waals surface area contributed by atoms with Crippen LogP contribution >= 0.6 is 0 Å². The highest BCUT2D eigenvalue weighted by Crippen LogP contribution is 2.17. The molecule has 0 radical (unpaired) electrons. The fourth-order valence-corrected chi connectivity index (χ4v) is 1.44. The van der Waals surface area contributed by atoms with Crippen LogP contribution in [0.15, 0.2) is 61.3 Å². The maximum absolute atomic E-state index is 11.1. The summed E-state index contributed by atoms with van der Waals surface area (Å²) in [5.74, 6) is -0.237. The van der Waals surface area contributed by atoms with Gasteiger partial charge in [-0.15, -0.1) is 0 Å². The van der Waals surface area contributed by atoms with E-state index in [0.717, 1.165) is 11.3 Å². The Balaban J connectivity index is 2.19. The number of nitrogens with one attached hydrogen (secondary N) is 1. The van der Waals surface area contributed by atoms with Crippen LogP contribution < -0.4 is 5.32 Å². The van der Waals surface area contributed by atoms with E-state index in [1.54, 1.807) is 6.20 Å². The van der Waals surface area contributed by atoms with Crippen LogP contribution in [0.2, 0.25) is 0 Å². The Morgan fingerprint density at radius 3 is 2.53 bits per heavy atom. The first-order chi connectivity index (χ1) is 8.29. The highest BCUT2D eigenvalue weighted by molar-refractivity contribution is 5.98. The fourth-order valence-electron chi connectivity index (χ4n) is 1.44. The number of hydrogen-bond acceptors (Lipinski definition) is 2. The number of carbonyl (C=O) groups excluding carboxylic acids is 1. The molecular formula is C14H12N2O. The lowest BCUT2D eigenvalue weighted by Gasteiger charge is -2.03. The van der Waals surface area contributed by atoms with E-state index in [4.69, 9.17) is 0 Å². The molecule has 2 aromatic rings. The van der Waals surface area contributed by atoms with Gasteiger partial charge < -0.3 is 5.32 Å². The van der Waals surface area contributed by atoms with Crippen molar-refractivity contribution in [2.75, 3.05) is 5.32 Å². The third-order valence-electron chi connectivity index (χ3n) is 2.29. The average molecular weight is 224 g/mol. The lowest BCUT2D eigenvalue weighted by molar-refractivity contribution is -0.111. The lowest BCUT2D eigenvalue weighted by atomic mass is 10.1.